The van der Waals surface area contributed by atoms with Crippen LogP contribution in [0.3, 0.4) is 0 Å². The smallest absolute Gasteiger partial charge is 0.260 e. The van der Waals surface area contributed by atoms with Gasteiger partial charge in [0.15, 0.2) is 6.61 Å². The largest absolute Gasteiger partial charge is 0.496 e. The maximum Gasteiger partial charge on any atom is 0.260 e. The standard InChI is InChI=1S/C19H21BrClNO3/c1-12-7-16(21)8-13(2)19(12)25-11-18(23)22(3)10-14-9-15(20)5-6-17(14)24-4/h5-9H,10-11H2,1-4H3. The van der Waals surface area contributed by atoms with Crippen LogP contribution in [-0.2, 0) is 11.3 Å². The first-order valence-corrected chi connectivity index (χ1v) is 8.95. The molecule has 0 radical (unpaired) electrons. The monoisotopic (exact) mass is 425 g/mol. The molecule has 134 valence electrons. The fraction of sp³-hybridized carbons (Fsp3) is 0.316. The average Bonchev–Trinajstić information content (AvgIpc) is 2.53. The summed E-state index contributed by atoms with van der Waals surface area (Å²) >= 11 is 9.46. The van der Waals surface area contributed by atoms with Crippen LogP contribution in [-0.4, -0.2) is 31.6 Å². The number of nitrogens with zero attached hydrogens (tertiary/aromatic N) is 1. The molecule has 0 aromatic heterocycles. The van der Waals surface area contributed by atoms with E-state index >= 15 is 0 Å². The Hall–Kier alpha value is -1.72. The van der Waals surface area contributed by atoms with Crippen LogP contribution in [0.15, 0.2) is 34.8 Å². The molecular formula is C19H21BrClNO3. The molecule has 0 atom stereocenters. The SMILES string of the molecule is COc1ccc(Br)cc1CN(C)C(=O)COc1c(C)cc(Cl)cc1C. The van der Waals surface area contributed by atoms with Gasteiger partial charge in [0, 0.05) is 28.7 Å². The number of likely N-dealkylation sites (N-methyl/N-ethyl adjacent to an activating group) is 1. The van der Waals surface area contributed by atoms with Gasteiger partial charge in [-0.05, 0) is 55.3 Å². The van der Waals surface area contributed by atoms with Crippen LogP contribution < -0.4 is 9.47 Å². The lowest BCUT2D eigenvalue weighted by Crippen LogP contribution is -2.31. The molecule has 4 nitrogen and oxygen atoms in total. The van der Waals surface area contributed by atoms with E-state index in [1.807, 2.05) is 44.2 Å². The van der Waals surface area contributed by atoms with Crippen molar-refractivity contribution in [3.05, 3.63) is 56.5 Å². The number of carbonyl (C=O) groups is 1. The second-order valence-electron chi connectivity index (χ2n) is 5.86. The van der Waals surface area contributed by atoms with Gasteiger partial charge in [-0.1, -0.05) is 27.5 Å². The third kappa shape index (κ3) is 5.13. The van der Waals surface area contributed by atoms with E-state index in [-0.39, 0.29) is 12.5 Å². The van der Waals surface area contributed by atoms with Crippen molar-refractivity contribution in [3.8, 4) is 11.5 Å². The summed E-state index contributed by atoms with van der Waals surface area (Å²) in [5.74, 6) is 1.33. The number of hydrogen-bond donors (Lipinski definition) is 0. The Morgan fingerprint density at radius 3 is 2.44 bits per heavy atom. The van der Waals surface area contributed by atoms with Crippen LogP contribution in [0.5, 0.6) is 11.5 Å². The summed E-state index contributed by atoms with van der Waals surface area (Å²) in [6.45, 7) is 4.23. The summed E-state index contributed by atoms with van der Waals surface area (Å²) in [7, 11) is 3.36. The van der Waals surface area contributed by atoms with E-state index in [2.05, 4.69) is 15.9 Å². The Bertz CT molecular complexity index is 756. The number of benzene rings is 2. The van der Waals surface area contributed by atoms with Crippen LogP contribution in [0.25, 0.3) is 0 Å². The van der Waals surface area contributed by atoms with Crippen molar-refractivity contribution < 1.29 is 14.3 Å². The van der Waals surface area contributed by atoms with Crippen molar-refractivity contribution in [1.29, 1.82) is 0 Å². The molecular weight excluding hydrogens is 406 g/mol. The Kier molecular flexibility index (Phi) is 6.73. The highest BCUT2D eigenvalue weighted by atomic mass is 79.9. The van der Waals surface area contributed by atoms with E-state index in [4.69, 9.17) is 21.1 Å². The van der Waals surface area contributed by atoms with E-state index in [1.165, 1.54) is 0 Å². The number of methoxy groups -OCH3 is 1. The van der Waals surface area contributed by atoms with Crippen molar-refractivity contribution in [2.24, 2.45) is 0 Å². The first-order valence-electron chi connectivity index (χ1n) is 7.77. The van der Waals surface area contributed by atoms with Gasteiger partial charge in [-0.25, -0.2) is 0 Å². The molecule has 6 heteroatoms. The molecule has 0 aliphatic heterocycles. The van der Waals surface area contributed by atoms with Gasteiger partial charge in [0.25, 0.3) is 5.91 Å². The minimum atomic E-state index is -0.115. The lowest BCUT2D eigenvalue weighted by Gasteiger charge is -2.20. The number of amides is 1. The summed E-state index contributed by atoms with van der Waals surface area (Å²) in [5.41, 5.74) is 2.75. The predicted molar refractivity (Wildman–Crippen MR) is 104 cm³/mol. The third-order valence-electron chi connectivity index (χ3n) is 3.84. The van der Waals surface area contributed by atoms with Gasteiger partial charge in [-0.3, -0.25) is 4.79 Å². The zero-order valence-electron chi connectivity index (χ0n) is 14.7. The molecule has 0 saturated heterocycles. The second kappa shape index (κ2) is 8.59. The van der Waals surface area contributed by atoms with E-state index < -0.39 is 0 Å². The van der Waals surface area contributed by atoms with Gasteiger partial charge >= 0.3 is 0 Å². The molecule has 25 heavy (non-hydrogen) atoms. The molecule has 2 rings (SSSR count). The zero-order chi connectivity index (χ0) is 18.6. The van der Waals surface area contributed by atoms with Crippen molar-refractivity contribution >= 4 is 33.4 Å². The first-order chi connectivity index (χ1) is 11.8. The number of aryl methyl sites for hydroxylation is 2. The Morgan fingerprint density at radius 2 is 1.84 bits per heavy atom. The fourth-order valence-electron chi connectivity index (χ4n) is 2.58. The highest BCUT2D eigenvalue weighted by molar-refractivity contribution is 9.10. The Balaban J connectivity index is 2.03. The van der Waals surface area contributed by atoms with Crippen LogP contribution in [0.1, 0.15) is 16.7 Å². The molecule has 0 aliphatic carbocycles. The van der Waals surface area contributed by atoms with Crippen molar-refractivity contribution in [2.75, 3.05) is 20.8 Å². The average molecular weight is 427 g/mol. The third-order valence-corrected chi connectivity index (χ3v) is 4.55. The van der Waals surface area contributed by atoms with Gasteiger partial charge in [0.2, 0.25) is 0 Å². The minimum Gasteiger partial charge on any atom is -0.496 e. The molecule has 0 spiro atoms. The molecule has 0 unspecified atom stereocenters. The van der Waals surface area contributed by atoms with Gasteiger partial charge in [-0.2, -0.15) is 0 Å². The molecule has 0 aliphatic rings. The Labute approximate surface area is 161 Å². The summed E-state index contributed by atoms with van der Waals surface area (Å²) in [5, 5.41) is 0.660. The summed E-state index contributed by atoms with van der Waals surface area (Å²) in [4.78, 5) is 14.0. The zero-order valence-corrected chi connectivity index (χ0v) is 17.1. The Morgan fingerprint density at radius 1 is 1.20 bits per heavy atom. The maximum absolute atomic E-state index is 12.4. The van der Waals surface area contributed by atoms with Crippen LogP contribution in [0.2, 0.25) is 5.02 Å². The number of carbonyl (C=O) groups excluding carboxylic acids is 1. The molecule has 0 saturated carbocycles. The van der Waals surface area contributed by atoms with Crippen molar-refractivity contribution in [3.63, 3.8) is 0 Å². The van der Waals surface area contributed by atoms with Crippen LogP contribution in [0.4, 0.5) is 0 Å². The topological polar surface area (TPSA) is 38.8 Å². The highest BCUT2D eigenvalue weighted by Crippen LogP contribution is 2.27. The summed E-state index contributed by atoms with van der Waals surface area (Å²) in [6, 6.07) is 9.36. The molecule has 0 N–H and O–H groups in total. The number of ether oxygens (including phenoxy) is 2. The fourth-order valence-corrected chi connectivity index (χ4v) is 3.32. The highest BCUT2D eigenvalue weighted by Gasteiger charge is 2.15. The van der Waals surface area contributed by atoms with Gasteiger partial charge in [-0.15, -0.1) is 0 Å². The maximum atomic E-state index is 12.4. The summed E-state index contributed by atoms with van der Waals surface area (Å²) < 4.78 is 12.0. The molecule has 2 aromatic carbocycles. The lowest BCUT2D eigenvalue weighted by atomic mass is 10.1. The molecule has 0 heterocycles. The minimum absolute atomic E-state index is 0.0316. The van der Waals surface area contributed by atoms with E-state index in [0.717, 1.165) is 26.9 Å². The number of halogens is 2. The molecule has 0 bridgehead atoms. The number of rotatable bonds is 6. The molecule has 2 aromatic rings. The normalized spacial score (nSPS) is 10.5. The summed E-state index contributed by atoms with van der Waals surface area (Å²) in [6.07, 6.45) is 0. The molecule has 0 fully saturated rings. The van der Waals surface area contributed by atoms with Crippen LogP contribution >= 0.6 is 27.5 Å². The van der Waals surface area contributed by atoms with Gasteiger partial charge in [0.1, 0.15) is 11.5 Å². The van der Waals surface area contributed by atoms with Crippen molar-refractivity contribution in [2.45, 2.75) is 20.4 Å². The molecule has 1 amide bonds. The number of hydrogen-bond acceptors (Lipinski definition) is 3. The van der Waals surface area contributed by atoms with Crippen LogP contribution in [0, 0.1) is 13.8 Å². The second-order valence-corrected chi connectivity index (χ2v) is 7.22. The quantitative estimate of drug-likeness (QED) is 0.668. The predicted octanol–water partition coefficient (Wildman–Crippen LogP) is 4.77. The lowest BCUT2D eigenvalue weighted by molar-refractivity contribution is -0.132. The first kappa shape index (κ1) is 19.6. The van der Waals surface area contributed by atoms with Gasteiger partial charge in [0.05, 0.1) is 7.11 Å². The van der Waals surface area contributed by atoms with Crippen molar-refractivity contribution in [1.82, 2.24) is 4.90 Å². The van der Waals surface area contributed by atoms with E-state index in [0.29, 0.717) is 17.3 Å². The van der Waals surface area contributed by atoms with E-state index in [9.17, 15) is 4.79 Å². The van der Waals surface area contributed by atoms with Gasteiger partial charge < -0.3 is 14.4 Å². The van der Waals surface area contributed by atoms with E-state index in [1.54, 1.807) is 19.1 Å².